The van der Waals surface area contributed by atoms with E-state index in [0.29, 0.717) is 10.6 Å². The van der Waals surface area contributed by atoms with Gasteiger partial charge in [-0.2, -0.15) is 0 Å². The van der Waals surface area contributed by atoms with Crippen LogP contribution in [-0.2, 0) is 14.9 Å². The molecule has 0 unspecified atom stereocenters. The first kappa shape index (κ1) is 20.0. The van der Waals surface area contributed by atoms with Crippen LogP contribution in [0.15, 0.2) is 48.5 Å². The van der Waals surface area contributed by atoms with Gasteiger partial charge in [0, 0.05) is 5.02 Å². The number of ether oxygens (including phenoxy) is 1. The Kier molecular flexibility index (Phi) is 6.43. The molecule has 0 saturated heterocycles. The van der Waals surface area contributed by atoms with Crippen molar-refractivity contribution in [3.8, 4) is 0 Å². The summed E-state index contributed by atoms with van der Waals surface area (Å²) >= 11 is 5.85. The number of esters is 1. The first-order valence-electron chi connectivity index (χ1n) is 8.49. The SMILES string of the molecule is C[C@H](NC(=O)COC(=O)c1ccc(C(C)(C)C)cc1)c1ccc(Cl)cc1. The van der Waals surface area contributed by atoms with Gasteiger partial charge in [-0.25, -0.2) is 4.79 Å². The Labute approximate surface area is 159 Å². The lowest BCUT2D eigenvalue weighted by Gasteiger charge is -2.19. The highest BCUT2D eigenvalue weighted by Crippen LogP contribution is 2.22. The van der Waals surface area contributed by atoms with Crippen molar-refractivity contribution in [3.63, 3.8) is 0 Å². The maximum Gasteiger partial charge on any atom is 0.338 e. The molecule has 2 aromatic carbocycles. The zero-order valence-electron chi connectivity index (χ0n) is 15.5. The molecule has 0 heterocycles. The fraction of sp³-hybridized carbons (Fsp3) is 0.333. The van der Waals surface area contributed by atoms with Crippen molar-refractivity contribution in [1.82, 2.24) is 5.32 Å². The lowest BCUT2D eigenvalue weighted by atomic mass is 9.87. The van der Waals surface area contributed by atoms with Gasteiger partial charge in [-0.15, -0.1) is 0 Å². The molecule has 0 saturated carbocycles. The summed E-state index contributed by atoms with van der Waals surface area (Å²) in [6, 6.07) is 14.3. The number of hydrogen-bond acceptors (Lipinski definition) is 3. The highest BCUT2D eigenvalue weighted by atomic mass is 35.5. The highest BCUT2D eigenvalue weighted by molar-refractivity contribution is 6.30. The van der Waals surface area contributed by atoms with E-state index < -0.39 is 5.97 Å². The molecule has 1 N–H and O–H groups in total. The van der Waals surface area contributed by atoms with Crippen molar-refractivity contribution in [3.05, 3.63) is 70.2 Å². The van der Waals surface area contributed by atoms with E-state index in [9.17, 15) is 9.59 Å². The van der Waals surface area contributed by atoms with E-state index in [1.54, 1.807) is 24.3 Å². The molecule has 0 aliphatic heterocycles. The van der Waals surface area contributed by atoms with Gasteiger partial charge >= 0.3 is 5.97 Å². The summed E-state index contributed by atoms with van der Waals surface area (Å²) in [6.45, 7) is 7.84. The van der Waals surface area contributed by atoms with E-state index in [-0.39, 0.29) is 24.0 Å². The van der Waals surface area contributed by atoms with Crippen LogP contribution in [0, 0.1) is 0 Å². The van der Waals surface area contributed by atoms with E-state index in [1.807, 2.05) is 31.2 Å². The fourth-order valence-corrected chi connectivity index (χ4v) is 2.56. The van der Waals surface area contributed by atoms with Crippen LogP contribution >= 0.6 is 11.6 Å². The average molecular weight is 374 g/mol. The van der Waals surface area contributed by atoms with Crippen LogP contribution in [0.25, 0.3) is 0 Å². The highest BCUT2D eigenvalue weighted by Gasteiger charge is 2.16. The topological polar surface area (TPSA) is 55.4 Å². The maximum atomic E-state index is 12.1. The van der Waals surface area contributed by atoms with Crippen LogP contribution in [0.3, 0.4) is 0 Å². The van der Waals surface area contributed by atoms with Gasteiger partial charge in [-0.05, 0) is 47.7 Å². The minimum Gasteiger partial charge on any atom is -0.452 e. The van der Waals surface area contributed by atoms with Crippen molar-refractivity contribution in [2.75, 3.05) is 6.61 Å². The van der Waals surface area contributed by atoms with E-state index in [4.69, 9.17) is 16.3 Å². The number of carbonyl (C=O) groups is 2. The van der Waals surface area contributed by atoms with Crippen LogP contribution in [0.5, 0.6) is 0 Å². The van der Waals surface area contributed by atoms with E-state index in [0.717, 1.165) is 11.1 Å². The molecule has 26 heavy (non-hydrogen) atoms. The van der Waals surface area contributed by atoms with Gasteiger partial charge in [0.25, 0.3) is 5.91 Å². The Bertz CT molecular complexity index is 761. The molecular formula is C21H24ClNO3. The molecule has 138 valence electrons. The summed E-state index contributed by atoms with van der Waals surface area (Å²) in [5.41, 5.74) is 2.49. The fourth-order valence-electron chi connectivity index (χ4n) is 2.44. The molecule has 5 heteroatoms. The Morgan fingerprint density at radius 3 is 2.15 bits per heavy atom. The third-order valence-corrected chi connectivity index (χ3v) is 4.32. The molecule has 0 aliphatic rings. The van der Waals surface area contributed by atoms with Crippen LogP contribution in [0.4, 0.5) is 0 Å². The Morgan fingerprint density at radius 1 is 1.04 bits per heavy atom. The van der Waals surface area contributed by atoms with Crippen molar-refractivity contribution < 1.29 is 14.3 Å². The second-order valence-corrected chi connectivity index (χ2v) is 7.68. The number of hydrogen-bond donors (Lipinski definition) is 1. The normalized spacial score (nSPS) is 12.3. The number of rotatable bonds is 5. The molecular weight excluding hydrogens is 350 g/mol. The standard InChI is InChI=1S/C21H24ClNO3/c1-14(15-7-11-18(22)12-8-15)23-19(24)13-26-20(25)16-5-9-17(10-6-16)21(2,3)4/h5-12,14H,13H2,1-4H3,(H,23,24)/t14-/m0/s1. The van der Waals surface area contributed by atoms with Gasteiger partial charge in [0.1, 0.15) is 0 Å². The zero-order chi connectivity index (χ0) is 19.3. The molecule has 2 aromatic rings. The minimum atomic E-state index is -0.514. The first-order valence-corrected chi connectivity index (χ1v) is 8.87. The molecule has 1 atom stereocenters. The molecule has 0 spiro atoms. The summed E-state index contributed by atoms with van der Waals surface area (Å²) in [5.74, 6) is -0.869. The van der Waals surface area contributed by atoms with Gasteiger partial charge in [-0.1, -0.05) is 56.6 Å². The Morgan fingerprint density at radius 2 is 1.62 bits per heavy atom. The largest absolute Gasteiger partial charge is 0.452 e. The van der Waals surface area contributed by atoms with Gasteiger partial charge < -0.3 is 10.1 Å². The van der Waals surface area contributed by atoms with Crippen molar-refractivity contribution in [1.29, 1.82) is 0 Å². The quantitative estimate of drug-likeness (QED) is 0.774. The lowest BCUT2D eigenvalue weighted by Crippen LogP contribution is -2.31. The van der Waals surface area contributed by atoms with Crippen molar-refractivity contribution in [2.45, 2.75) is 39.2 Å². The molecule has 0 bridgehead atoms. The van der Waals surface area contributed by atoms with Gasteiger partial charge in [0.05, 0.1) is 11.6 Å². The summed E-state index contributed by atoms with van der Waals surface area (Å²) in [6.07, 6.45) is 0. The number of halogens is 1. The molecule has 0 aliphatic carbocycles. The molecule has 2 rings (SSSR count). The molecule has 0 aromatic heterocycles. The van der Waals surface area contributed by atoms with E-state index in [1.165, 1.54) is 0 Å². The molecule has 0 fully saturated rings. The van der Waals surface area contributed by atoms with Gasteiger partial charge in [0.15, 0.2) is 6.61 Å². The molecule has 1 amide bonds. The maximum absolute atomic E-state index is 12.1. The number of nitrogens with one attached hydrogen (secondary N) is 1. The van der Waals surface area contributed by atoms with Crippen molar-refractivity contribution in [2.24, 2.45) is 0 Å². The van der Waals surface area contributed by atoms with Crippen LogP contribution in [0.2, 0.25) is 5.02 Å². The van der Waals surface area contributed by atoms with Crippen LogP contribution in [0.1, 0.15) is 55.2 Å². The van der Waals surface area contributed by atoms with Gasteiger partial charge in [0.2, 0.25) is 0 Å². The first-order chi connectivity index (χ1) is 12.2. The van der Waals surface area contributed by atoms with Crippen LogP contribution < -0.4 is 5.32 Å². The zero-order valence-corrected chi connectivity index (χ0v) is 16.3. The smallest absolute Gasteiger partial charge is 0.338 e. The number of benzene rings is 2. The summed E-state index contributed by atoms with van der Waals surface area (Å²) in [5, 5.41) is 3.43. The average Bonchev–Trinajstić information content (AvgIpc) is 2.59. The summed E-state index contributed by atoms with van der Waals surface area (Å²) in [7, 11) is 0. The van der Waals surface area contributed by atoms with Crippen LogP contribution in [-0.4, -0.2) is 18.5 Å². The number of carbonyl (C=O) groups excluding carboxylic acids is 2. The van der Waals surface area contributed by atoms with Gasteiger partial charge in [-0.3, -0.25) is 4.79 Å². The predicted molar refractivity (Wildman–Crippen MR) is 103 cm³/mol. The Hall–Kier alpha value is -2.33. The minimum absolute atomic E-state index is 0.0140. The molecule has 0 radical (unpaired) electrons. The third-order valence-electron chi connectivity index (χ3n) is 4.07. The monoisotopic (exact) mass is 373 g/mol. The molecule has 4 nitrogen and oxygen atoms in total. The summed E-state index contributed by atoms with van der Waals surface area (Å²) in [4.78, 5) is 24.1. The Balaban J connectivity index is 1.86. The summed E-state index contributed by atoms with van der Waals surface area (Å²) < 4.78 is 5.10. The van der Waals surface area contributed by atoms with E-state index >= 15 is 0 Å². The third kappa shape index (κ3) is 5.60. The van der Waals surface area contributed by atoms with Crippen molar-refractivity contribution >= 4 is 23.5 Å². The van der Waals surface area contributed by atoms with E-state index in [2.05, 4.69) is 26.1 Å². The second kappa shape index (κ2) is 8.37. The second-order valence-electron chi connectivity index (χ2n) is 7.24. The number of amides is 1. The lowest BCUT2D eigenvalue weighted by molar-refractivity contribution is -0.124. The predicted octanol–water partition coefficient (Wildman–Crippen LogP) is 4.67.